The number of halogens is 1. The van der Waals surface area contributed by atoms with Crippen LogP contribution >= 0.6 is 12.2 Å². The lowest BCUT2D eigenvalue weighted by molar-refractivity contribution is -0.122. The predicted molar refractivity (Wildman–Crippen MR) is 130 cm³/mol. The Morgan fingerprint density at radius 3 is 2.58 bits per heavy atom. The lowest BCUT2D eigenvalue weighted by Crippen LogP contribution is -2.54. The van der Waals surface area contributed by atoms with Gasteiger partial charge in [0.25, 0.3) is 11.8 Å². The molecule has 0 unspecified atom stereocenters. The minimum Gasteiger partial charge on any atom is -0.490 e. The molecule has 0 radical (unpaired) electrons. The number of hydrogen-bond donors (Lipinski definition) is 1. The molecule has 1 fully saturated rings. The molecule has 33 heavy (non-hydrogen) atoms. The second-order valence-corrected chi connectivity index (χ2v) is 7.33. The van der Waals surface area contributed by atoms with Crippen LogP contribution < -0.4 is 19.7 Å². The Kier molecular flexibility index (Phi) is 7.74. The van der Waals surface area contributed by atoms with Crippen molar-refractivity contribution in [2.75, 3.05) is 18.1 Å². The quantitative estimate of drug-likeness (QED) is 0.258. The van der Waals surface area contributed by atoms with Crippen molar-refractivity contribution in [1.82, 2.24) is 5.32 Å². The van der Waals surface area contributed by atoms with Crippen LogP contribution in [0.1, 0.15) is 18.1 Å². The molecule has 1 saturated heterocycles. The fourth-order valence-electron chi connectivity index (χ4n) is 3.32. The molecule has 8 heteroatoms. The topological polar surface area (TPSA) is 67.9 Å². The Hall–Kier alpha value is -3.78. The van der Waals surface area contributed by atoms with Crippen molar-refractivity contribution in [3.63, 3.8) is 0 Å². The van der Waals surface area contributed by atoms with E-state index in [0.717, 1.165) is 10.5 Å². The lowest BCUT2D eigenvalue weighted by atomic mass is 10.0. The van der Waals surface area contributed by atoms with Crippen LogP contribution in [0.3, 0.4) is 0 Å². The number of rotatable bonds is 9. The summed E-state index contributed by atoms with van der Waals surface area (Å²) in [4.78, 5) is 26.8. The fraction of sp³-hybridized carbons (Fsp3) is 0.160. The maximum atomic E-state index is 14.4. The second-order valence-electron chi connectivity index (χ2n) is 6.94. The molecule has 2 aromatic rings. The third-order valence-corrected chi connectivity index (χ3v) is 4.95. The Balaban J connectivity index is 2.09. The molecule has 1 N–H and O–H groups in total. The highest BCUT2D eigenvalue weighted by Crippen LogP contribution is 2.35. The summed E-state index contributed by atoms with van der Waals surface area (Å²) in [5.41, 5.74) is 1.04. The summed E-state index contributed by atoms with van der Waals surface area (Å²) in [6.45, 7) is 9.93. The monoisotopic (exact) mass is 466 g/mol. The predicted octanol–water partition coefficient (Wildman–Crippen LogP) is 4.35. The van der Waals surface area contributed by atoms with Gasteiger partial charge in [-0.05, 0) is 61.5 Å². The zero-order chi connectivity index (χ0) is 24.0. The van der Waals surface area contributed by atoms with Gasteiger partial charge in [-0.2, -0.15) is 0 Å². The van der Waals surface area contributed by atoms with Gasteiger partial charge < -0.3 is 9.47 Å². The summed E-state index contributed by atoms with van der Waals surface area (Å²) >= 11 is 5.13. The first-order valence-electron chi connectivity index (χ1n) is 10.2. The maximum absolute atomic E-state index is 14.4. The molecular formula is C25H23FN2O4S. The summed E-state index contributed by atoms with van der Waals surface area (Å²) in [5.74, 6) is -1.06. The number of anilines is 1. The van der Waals surface area contributed by atoms with Gasteiger partial charge >= 0.3 is 0 Å². The van der Waals surface area contributed by atoms with Crippen molar-refractivity contribution >= 4 is 40.9 Å². The van der Waals surface area contributed by atoms with E-state index in [2.05, 4.69) is 18.5 Å². The summed E-state index contributed by atoms with van der Waals surface area (Å²) in [7, 11) is 0. The first-order valence-corrected chi connectivity index (χ1v) is 10.6. The molecule has 1 aliphatic rings. The first-order chi connectivity index (χ1) is 15.9. The van der Waals surface area contributed by atoms with Crippen LogP contribution in [0, 0.1) is 5.82 Å². The van der Waals surface area contributed by atoms with E-state index in [1.54, 1.807) is 30.4 Å². The molecule has 1 heterocycles. The number of nitrogens with one attached hydrogen (secondary N) is 1. The highest BCUT2D eigenvalue weighted by Gasteiger charge is 2.35. The number of nitrogens with zero attached hydrogens (tertiary/aromatic N) is 1. The molecule has 0 bridgehead atoms. The Morgan fingerprint density at radius 2 is 1.91 bits per heavy atom. The zero-order valence-electron chi connectivity index (χ0n) is 18.1. The average molecular weight is 467 g/mol. The SMILES string of the molecule is C=CCOc1c(CC=C)cc(/C=C2\C(=O)NC(=S)N(c3ccccc3F)C2=O)cc1OCC. The second kappa shape index (κ2) is 10.7. The molecule has 0 aliphatic carbocycles. The first kappa shape index (κ1) is 23.9. The third kappa shape index (κ3) is 5.18. The number of allylic oxidation sites excluding steroid dienone is 1. The van der Waals surface area contributed by atoms with Gasteiger partial charge in [-0.1, -0.05) is 30.9 Å². The fourth-order valence-corrected chi connectivity index (χ4v) is 3.59. The van der Waals surface area contributed by atoms with Crippen LogP contribution in [0.5, 0.6) is 11.5 Å². The highest BCUT2D eigenvalue weighted by molar-refractivity contribution is 7.80. The van der Waals surface area contributed by atoms with E-state index < -0.39 is 17.6 Å². The van der Waals surface area contributed by atoms with Crippen molar-refractivity contribution in [1.29, 1.82) is 0 Å². The third-order valence-electron chi connectivity index (χ3n) is 4.67. The number of ether oxygens (including phenoxy) is 2. The van der Waals surface area contributed by atoms with Crippen molar-refractivity contribution in [2.45, 2.75) is 13.3 Å². The van der Waals surface area contributed by atoms with Crippen molar-refractivity contribution in [3.8, 4) is 11.5 Å². The molecule has 0 saturated carbocycles. The number of amides is 2. The Morgan fingerprint density at radius 1 is 1.15 bits per heavy atom. The van der Waals surface area contributed by atoms with Crippen molar-refractivity contribution < 1.29 is 23.5 Å². The van der Waals surface area contributed by atoms with Crippen molar-refractivity contribution in [3.05, 3.63) is 84.2 Å². The minimum atomic E-state index is -0.732. The molecular weight excluding hydrogens is 443 g/mol. The van der Waals surface area contributed by atoms with E-state index >= 15 is 0 Å². The van der Waals surface area contributed by atoms with E-state index in [-0.39, 0.29) is 23.0 Å². The average Bonchev–Trinajstić information content (AvgIpc) is 2.78. The van der Waals surface area contributed by atoms with E-state index in [9.17, 15) is 14.0 Å². The molecule has 1 aliphatic heterocycles. The van der Waals surface area contributed by atoms with E-state index in [1.807, 2.05) is 6.92 Å². The summed E-state index contributed by atoms with van der Waals surface area (Å²) < 4.78 is 25.9. The van der Waals surface area contributed by atoms with Gasteiger partial charge in [0.05, 0.1) is 12.3 Å². The number of para-hydroxylation sites is 1. The Labute approximate surface area is 197 Å². The largest absolute Gasteiger partial charge is 0.490 e. The lowest BCUT2D eigenvalue weighted by Gasteiger charge is -2.29. The summed E-state index contributed by atoms with van der Waals surface area (Å²) in [6.07, 6.45) is 5.21. The standard InChI is InChI=1S/C25H23FN2O4S/c1-4-9-17-13-16(15-21(31-6-3)22(17)32-12-5-2)14-18-23(29)27-25(33)28(24(18)30)20-11-8-7-10-19(20)26/h4-5,7-8,10-11,13-15H,1-2,6,9,12H2,3H3,(H,27,29,33)/b18-14+. The van der Waals surface area contributed by atoms with Crippen LogP contribution in [-0.2, 0) is 16.0 Å². The highest BCUT2D eigenvalue weighted by atomic mass is 32.1. The summed E-state index contributed by atoms with van der Waals surface area (Å²) in [6, 6.07) is 9.14. The number of benzene rings is 2. The molecule has 0 spiro atoms. The molecule has 170 valence electrons. The van der Waals surface area contributed by atoms with E-state index in [4.69, 9.17) is 21.7 Å². The van der Waals surface area contributed by atoms with Gasteiger partial charge in [-0.15, -0.1) is 6.58 Å². The number of thiocarbonyl (C=S) groups is 1. The van der Waals surface area contributed by atoms with E-state index in [1.165, 1.54) is 24.3 Å². The maximum Gasteiger partial charge on any atom is 0.270 e. The molecule has 2 amide bonds. The van der Waals surface area contributed by atoms with Gasteiger partial charge in [0, 0.05) is 5.56 Å². The zero-order valence-corrected chi connectivity index (χ0v) is 18.9. The van der Waals surface area contributed by atoms with Crippen LogP contribution in [0.2, 0.25) is 0 Å². The van der Waals surface area contributed by atoms with E-state index in [0.29, 0.717) is 30.1 Å². The van der Waals surface area contributed by atoms with Crippen molar-refractivity contribution in [2.24, 2.45) is 0 Å². The van der Waals surface area contributed by atoms with Crippen LogP contribution in [-0.4, -0.2) is 30.1 Å². The van der Waals surface area contributed by atoms with Gasteiger partial charge in [-0.25, -0.2) is 9.29 Å². The molecule has 6 nitrogen and oxygen atoms in total. The molecule has 0 atom stereocenters. The smallest absolute Gasteiger partial charge is 0.270 e. The normalized spacial score (nSPS) is 14.8. The minimum absolute atomic E-state index is 0.0473. The van der Waals surface area contributed by atoms with Crippen LogP contribution in [0.4, 0.5) is 10.1 Å². The molecule has 2 aromatic carbocycles. The van der Waals surface area contributed by atoms with Crippen LogP contribution in [0.25, 0.3) is 6.08 Å². The van der Waals surface area contributed by atoms with Gasteiger partial charge in [0.15, 0.2) is 16.6 Å². The number of carbonyl (C=O) groups is 2. The van der Waals surface area contributed by atoms with Gasteiger partial charge in [0.1, 0.15) is 18.0 Å². The van der Waals surface area contributed by atoms with Gasteiger partial charge in [0.2, 0.25) is 0 Å². The van der Waals surface area contributed by atoms with Gasteiger partial charge in [-0.3, -0.25) is 14.9 Å². The Bertz CT molecular complexity index is 1160. The van der Waals surface area contributed by atoms with Crippen LogP contribution in [0.15, 0.2) is 67.3 Å². The number of hydrogen-bond acceptors (Lipinski definition) is 5. The molecule has 0 aromatic heterocycles. The number of carbonyl (C=O) groups excluding carboxylic acids is 2. The summed E-state index contributed by atoms with van der Waals surface area (Å²) in [5, 5.41) is 2.26. The molecule has 3 rings (SSSR count).